The molecule has 9 nitrogen and oxygen atoms in total. The van der Waals surface area contributed by atoms with Gasteiger partial charge in [0.05, 0.1) is 30.7 Å². The van der Waals surface area contributed by atoms with E-state index in [2.05, 4.69) is 9.98 Å². The summed E-state index contributed by atoms with van der Waals surface area (Å²) in [5, 5.41) is 10.4. The van der Waals surface area contributed by atoms with Gasteiger partial charge in [-0.3, -0.25) is 19.3 Å². The third kappa shape index (κ3) is 4.09. The molecule has 0 radical (unpaired) electrons. The maximum absolute atomic E-state index is 12.1. The zero-order chi connectivity index (χ0) is 20.1. The number of aromatic hydroxyl groups is 1. The normalized spacial score (nSPS) is 11.0. The van der Waals surface area contributed by atoms with Crippen LogP contribution in [-0.4, -0.2) is 33.4 Å². The first kappa shape index (κ1) is 18.9. The third-order valence-corrected chi connectivity index (χ3v) is 3.80. The Bertz CT molecular complexity index is 1130. The highest BCUT2D eigenvalue weighted by atomic mass is 16.5. The van der Waals surface area contributed by atoms with Crippen molar-refractivity contribution in [3.63, 3.8) is 0 Å². The SMILES string of the molecule is CCOC(=O)c1cccc(N=Cc2c(O)n(Cc3ccco3)c(=O)[nH]c2=O)c1. The van der Waals surface area contributed by atoms with Crippen molar-refractivity contribution < 1.29 is 19.1 Å². The Labute approximate surface area is 158 Å². The van der Waals surface area contributed by atoms with E-state index >= 15 is 0 Å². The summed E-state index contributed by atoms with van der Waals surface area (Å²) >= 11 is 0. The number of carbonyl (C=O) groups excluding carboxylic acids is 1. The van der Waals surface area contributed by atoms with E-state index in [1.54, 1.807) is 37.3 Å². The first-order chi connectivity index (χ1) is 13.5. The number of hydrogen-bond donors (Lipinski definition) is 2. The van der Waals surface area contributed by atoms with Crippen LogP contribution in [0.2, 0.25) is 0 Å². The van der Waals surface area contributed by atoms with Gasteiger partial charge in [-0.15, -0.1) is 0 Å². The average Bonchev–Trinajstić information content (AvgIpc) is 3.18. The van der Waals surface area contributed by atoms with Crippen molar-refractivity contribution in [2.24, 2.45) is 4.99 Å². The van der Waals surface area contributed by atoms with Gasteiger partial charge in [0.25, 0.3) is 5.56 Å². The van der Waals surface area contributed by atoms with Crippen LogP contribution in [-0.2, 0) is 11.3 Å². The smallest absolute Gasteiger partial charge is 0.338 e. The first-order valence-electron chi connectivity index (χ1n) is 8.39. The number of aromatic nitrogens is 2. The summed E-state index contributed by atoms with van der Waals surface area (Å²) in [7, 11) is 0. The van der Waals surface area contributed by atoms with Crippen molar-refractivity contribution in [2.45, 2.75) is 13.5 Å². The molecular formula is C19H17N3O6. The number of furan rings is 1. The van der Waals surface area contributed by atoms with Gasteiger partial charge in [0.2, 0.25) is 5.88 Å². The molecule has 0 aliphatic rings. The van der Waals surface area contributed by atoms with Gasteiger partial charge in [0.15, 0.2) is 0 Å². The maximum atomic E-state index is 12.1. The molecule has 0 amide bonds. The monoisotopic (exact) mass is 383 g/mol. The number of carbonyl (C=O) groups is 1. The number of nitrogens with zero attached hydrogens (tertiary/aromatic N) is 2. The van der Waals surface area contributed by atoms with Crippen LogP contribution in [0.3, 0.4) is 0 Å². The van der Waals surface area contributed by atoms with Crippen LogP contribution in [0, 0.1) is 0 Å². The summed E-state index contributed by atoms with van der Waals surface area (Å²) in [5.74, 6) is -0.614. The molecule has 0 aliphatic carbocycles. The van der Waals surface area contributed by atoms with Crippen LogP contribution in [0.25, 0.3) is 0 Å². The zero-order valence-corrected chi connectivity index (χ0v) is 14.9. The molecule has 144 valence electrons. The van der Waals surface area contributed by atoms with Gasteiger partial charge >= 0.3 is 11.7 Å². The molecule has 0 saturated carbocycles. The van der Waals surface area contributed by atoms with Crippen LogP contribution in [0.1, 0.15) is 28.6 Å². The number of hydrogen-bond acceptors (Lipinski definition) is 7. The van der Waals surface area contributed by atoms with Crippen LogP contribution in [0.15, 0.2) is 61.7 Å². The van der Waals surface area contributed by atoms with E-state index in [0.717, 1.165) is 10.8 Å². The van der Waals surface area contributed by atoms with Gasteiger partial charge in [-0.1, -0.05) is 6.07 Å². The summed E-state index contributed by atoms with van der Waals surface area (Å²) in [6, 6.07) is 9.56. The van der Waals surface area contributed by atoms with Crippen LogP contribution in [0.5, 0.6) is 5.88 Å². The van der Waals surface area contributed by atoms with Gasteiger partial charge in [-0.25, -0.2) is 9.59 Å². The summed E-state index contributed by atoms with van der Waals surface area (Å²) in [6.07, 6.45) is 2.55. The molecule has 1 aromatic carbocycles. The lowest BCUT2D eigenvalue weighted by atomic mass is 10.2. The third-order valence-electron chi connectivity index (χ3n) is 3.80. The molecule has 0 saturated heterocycles. The van der Waals surface area contributed by atoms with Crippen molar-refractivity contribution in [2.75, 3.05) is 6.61 Å². The predicted molar refractivity (Wildman–Crippen MR) is 100 cm³/mol. The molecule has 3 aromatic rings. The number of esters is 1. The van der Waals surface area contributed by atoms with Gasteiger partial charge < -0.3 is 14.3 Å². The molecule has 0 fully saturated rings. The number of ether oxygens (including phenoxy) is 1. The van der Waals surface area contributed by atoms with Crippen molar-refractivity contribution in [1.82, 2.24) is 9.55 Å². The molecular weight excluding hydrogens is 366 g/mol. The lowest BCUT2D eigenvalue weighted by molar-refractivity contribution is 0.0526. The molecule has 3 rings (SSSR count). The molecule has 9 heteroatoms. The van der Waals surface area contributed by atoms with E-state index in [0.29, 0.717) is 17.0 Å². The molecule has 2 N–H and O–H groups in total. The second-order valence-corrected chi connectivity index (χ2v) is 5.69. The topological polar surface area (TPSA) is 127 Å². The van der Waals surface area contributed by atoms with Crippen molar-refractivity contribution in [1.29, 1.82) is 0 Å². The fraction of sp³-hybridized carbons (Fsp3) is 0.158. The van der Waals surface area contributed by atoms with E-state index in [-0.39, 0.29) is 18.7 Å². The number of H-pyrrole nitrogens is 1. The Kier molecular flexibility index (Phi) is 5.54. The first-order valence-corrected chi connectivity index (χ1v) is 8.39. The van der Waals surface area contributed by atoms with E-state index in [9.17, 15) is 19.5 Å². The van der Waals surface area contributed by atoms with Gasteiger partial charge in [0, 0.05) is 6.21 Å². The molecule has 0 aliphatic heterocycles. The van der Waals surface area contributed by atoms with E-state index in [1.165, 1.54) is 12.3 Å². The molecule has 0 atom stereocenters. The molecule has 2 heterocycles. The van der Waals surface area contributed by atoms with E-state index in [4.69, 9.17) is 9.15 Å². The van der Waals surface area contributed by atoms with Crippen LogP contribution in [0.4, 0.5) is 5.69 Å². The van der Waals surface area contributed by atoms with E-state index < -0.39 is 23.1 Å². The fourth-order valence-corrected chi connectivity index (χ4v) is 2.46. The van der Waals surface area contributed by atoms with Gasteiger partial charge in [0.1, 0.15) is 11.3 Å². The lowest BCUT2D eigenvalue weighted by Gasteiger charge is -2.08. The minimum Gasteiger partial charge on any atom is -0.494 e. The van der Waals surface area contributed by atoms with Crippen molar-refractivity contribution >= 4 is 17.9 Å². The quantitative estimate of drug-likeness (QED) is 0.494. The Morgan fingerprint density at radius 2 is 2.14 bits per heavy atom. The standard InChI is InChI=1S/C19H17N3O6/c1-2-27-18(25)12-5-3-6-13(9-12)20-10-15-16(23)21-19(26)22(17(15)24)11-14-7-4-8-28-14/h3-10,24H,2,11H2,1H3,(H,21,23,26). The number of benzene rings is 1. The highest BCUT2D eigenvalue weighted by Crippen LogP contribution is 2.17. The molecule has 2 aromatic heterocycles. The fourth-order valence-electron chi connectivity index (χ4n) is 2.46. The molecule has 0 unspecified atom stereocenters. The summed E-state index contributed by atoms with van der Waals surface area (Å²) < 4.78 is 11.0. The molecule has 0 spiro atoms. The van der Waals surface area contributed by atoms with Crippen molar-refractivity contribution in [3.05, 3.63) is 80.4 Å². The summed E-state index contributed by atoms with van der Waals surface area (Å²) in [5.41, 5.74) is -1.10. The van der Waals surface area contributed by atoms with Crippen molar-refractivity contribution in [3.8, 4) is 5.88 Å². The Hall–Kier alpha value is -3.88. The Balaban J connectivity index is 1.94. The highest BCUT2D eigenvalue weighted by molar-refractivity contribution is 5.91. The number of aliphatic imine (C=N–C) groups is 1. The van der Waals surface area contributed by atoms with Crippen LogP contribution >= 0.6 is 0 Å². The second-order valence-electron chi connectivity index (χ2n) is 5.69. The minimum atomic E-state index is -0.788. The predicted octanol–water partition coefficient (Wildman–Crippen LogP) is 1.81. The van der Waals surface area contributed by atoms with Crippen LogP contribution < -0.4 is 11.2 Å². The van der Waals surface area contributed by atoms with Gasteiger partial charge in [-0.05, 0) is 37.3 Å². The maximum Gasteiger partial charge on any atom is 0.338 e. The highest BCUT2D eigenvalue weighted by Gasteiger charge is 2.14. The molecule has 28 heavy (non-hydrogen) atoms. The lowest BCUT2D eigenvalue weighted by Crippen LogP contribution is -2.32. The number of aromatic amines is 1. The summed E-state index contributed by atoms with van der Waals surface area (Å²) in [6.45, 7) is 1.88. The zero-order valence-electron chi connectivity index (χ0n) is 14.9. The average molecular weight is 383 g/mol. The number of rotatable bonds is 6. The largest absolute Gasteiger partial charge is 0.494 e. The summed E-state index contributed by atoms with van der Waals surface area (Å²) in [4.78, 5) is 42.1. The Morgan fingerprint density at radius 1 is 1.32 bits per heavy atom. The Morgan fingerprint density at radius 3 is 2.86 bits per heavy atom. The number of nitrogens with one attached hydrogen (secondary N) is 1. The van der Waals surface area contributed by atoms with E-state index in [1.807, 2.05) is 0 Å². The molecule has 0 bridgehead atoms. The second kappa shape index (κ2) is 8.21. The minimum absolute atomic E-state index is 0.0619. The van der Waals surface area contributed by atoms with Gasteiger partial charge in [-0.2, -0.15) is 0 Å².